The van der Waals surface area contributed by atoms with Gasteiger partial charge in [0.15, 0.2) is 0 Å². The highest BCUT2D eigenvalue weighted by molar-refractivity contribution is 14.1. The van der Waals surface area contributed by atoms with Crippen molar-refractivity contribution in [2.24, 2.45) is 11.8 Å². The minimum atomic E-state index is 0.335. The SMILES string of the molecule is NNC(c1cccc(I)c1)C1CCCC1. The van der Waals surface area contributed by atoms with E-state index in [0.29, 0.717) is 12.0 Å². The number of nitrogens with one attached hydrogen (secondary N) is 1. The van der Waals surface area contributed by atoms with Gasteiger partial charge in [-0.1, -0.05) is 25.0 Å². The molecule has 0 aliphatic heterocycles. The lowest BCUT2D eigenvalue weighted by atomic mass is 9.92. The molecular weight excluding hydrogens is 299 g/mol. The summed E-state index contributed by atoms with van der Waals surface area (Å²) in [6.07, 6.45) is 5.32. The fraction of sp³-hybridized carbons (Fsp3) is 0.500. The molecule has 1 aromatic carbocycles. The number of rotatable bonds is 3. The summed E-state index contributed by atoms with van der Waals surface area (Å²) in [6.45, 7) is 0. The summed E-state index contributed by atoms with van der Waals surface area (Å²) in [5.74, 6) is 6.40. The zero-order valence-electron chi connectivity index (χ0n) is 8.75. The number of nitrogens with two attached hydrogens (primary N) is 1. The Kier molecular flexibility index (Phi) is 3.99. The molecule has 3 heteroatoms. The van der Waals surface area contributed by atoms with Crippen LogP contribution < -0.4 is 11.3 Å². The molecule has 1 fully saturated rings. The average molecular weight is 316 g/mol. The Hall–Kier alpha value is -0.130. The van der Waals surface area contributed by atoms with E-state index in [4.69, 9.17) is 5.84 Å². The van der Waals surface area contributed by atoms with E-state index >= 15 is 0 Å². The van der Waals surface area contributed by atoms with Crippen LogP contribution in [0.5, 0.6) is 0 Å². The van der Waals surface area contributed by atoms with Gasteiger partial charge < -0.3 is 0 Å². The molecule has 1 saturated carbocycles. The lowest BCUT2D eigenvalue weighted by molar-refractivity contribution is 0.373. The van der Waals surface area contributed by atoms with Crippen LogP contribution in [0.25, 0.3) is 0 Å². The van der Waals surface area contributed by atoms with Crippen LogP contribution in [0.2, 0.25) is 0 Å². The van der Waals surface area contributed by atoms with Crippen molar-refractivity contribution in [2.45, 2.75) is 31.7 Å². The Labute approximate surface area is 105 Å². The van der Waals surface area contributed by atoms with E-state index in [1.54, 1.807) is 0 Å². The topological polar surface area (TPSA) is 38.0 Å². The largest absolute Gasteiger partial charge is 0.271 e. The Morgan fingerprint density at radius 2 is 2.07 bits per heavy atom. The molecule has 2 rings (SSSR count). The third-order valence-electron chi connectivity index (χ3n) is 3.26. The van der Waals surface area contributed by atoms with E-state index < -0.39 is 0 Å². The van der Waals surface area contributed by atoms with Crippen molar-refractivity contribution in [3.8, 4) is 0 Å². The molecule has 0 bridgehead atoms. The van der Waals surface area contributed by atoms with E-state index in [2.05, 4.69) is 52.3 Å². The molecule has 0 saturated heterocycles. The number of hydrogen-bond donors (Lipinski definition) is 2. The summed E-state index contributed by atoms with van der Waals surface area (Å²) in [7, 11) is 0. The summed E-state index contributed by atoms with van der Waals surface area (Å²) >= 11 is 2.35. The van der Waals surface area contributed by atoms with Gasteiger partial charge in [-0.2, -0.15) is 0 Å². The van der Waals surface area contributed by atoms with Gasteiger partial charge in [0.2, 0.25) is 0 Å². The van der Waals surface area contributed by atoms with Crippen LogP contribution in [0.15, 0.2) is 24.3 Å². The van der Waals surface area contributed by atoms with Crippen LogP contribution in [0.4, 0.5) is 0 Å². The molecular formula is C12H17IN2. The molecule has 3 N–H and O–H groups in total. The van der Waals surface area contributed by atoms with Crippen LogP contribution in [0, 0.1) is 9.49 Å². The molecule has 0 heterocycles. The Bertz CT molecular complexity index is 321. The molecule has 0 spiro atoms. The van der Waals surface area contributed by atoms with Crippen LogP contribution in [-0.4, -0.2) is 0 Å². The first-order chi connectivity index (χ1) is 7.31. The second-order valence-corrected chi connectivity index (χ2v) is 5.49. The minimum absolute atomic E-state index is 0.335. The number of hydrazine groups is 1. The highest BCUT2D eigenvalue weighted by atomic mass is 127. The lowest BCUT2D eigenvalue weighted by Gasteiger charge is -2.23. The van der Waals surface area contributed by atoms with Gasteiger partial charge in [-0.3, -0.25) is 11.3 Å². The maximum Gasteiger partial charge on any atom is 0.0488 e. The van der Waals surface area contributed by atoms with Gasteiger partial charge >= 0.3 is 0 Å². The Balaban J connectivity index is 2.18. The fourth-order valence-corrected chi connectivity index (χ4v) is 3.06. The maximum absolute atomic E-state index is 5.68. The molecule has 82 valence electrons. The molecule has 0 amide bonds. The van der Waals surface area contributed by atoms with E-state index in [1.807, 2.05) is 0 Å². The van der Waals surface area contributed by atoms with Crippen molar-refractivity contribution >= 4 is 22.6 Å². The summed E-state index contributed by atoms with van der Waals surface area (Å²) in [5, 5.41) is 0. The van der Waals surface area contributed by atoms with Crippen LogP contribution >= 0.6 is 22.6 Å². The average Bonchev–Trinajstić information content (AvgIpc) is 2.72. The van der Waals surface area contributed by atoms with Crippen molar-refractivity contribution in [3.05, 3.63) is 33.4 Å². The van der Waals surface area contributed by atoms with Crippen molar-refractivity contribution in [1.29, 1.82) is 0 Å². The maximum atomic E-state index is 5.68. The summed E-state index contributed by atoms with van der Waals surface area (Å²) in [6, 6.07) is 8.96. The van der Waals surface area contributed by atoms with Crippen LogP contribution in [-0.2, 0) is 0 Å². The number of benzene rings is 1. The molecule has 15 heavy (non-hydrogen) atoms. The predicted molar refractivity (Wildman–Crippen MR) is 71.2 cm³/mol. The molecule has 1 unspecified atom stereocenters. The van der Waals surface area contributed by atoms with E-state index in [0.717, 1.165) is 0 Å². The van der Waals surface area contributed by atoms with Gasteiger partial charge in [-0.25, -0.2) is 0 Å². The van der Waals surface area contributed by atoms with Crippen LogP contribution in [0.3, 0.4) is 0 Å². The molecule has 0 radical (unpaired) electrons. The lowest BCUT2D eigenvalue weighted by Crippen LogP contribution is -2.32. The monoisotopic (exact) mass is 316 g/mol. The Morgan fingerprint density at radius 1 is 1.33 bits per heavy atom. The first kappa shape index (κ1) is 11.4. The number of hydrogen-bond acceptors (Lipinski definition) is 2. The van der Waals surface area contributed by atoms with Crippen molar-refractivity contribution in [2.75, 3.05) is 0 Å². The molecule has 0 aromatic heterocycles. The first-order valence-corrected chi connectivity index (χ1v) is 6.60. The quantitative estimate of drug-likeness (QED) is 0.511. The van der Waals surface area contributed by atoms with Gasteiger partial charge in [0.05, 0.1) is 0 Å². The Morgan fingerprint density at radius 3 is 2.67 bits per heavy atom. The molecule has 1 aromatic rings. The molecule has 1 atom stereocenters. The molecule has 1 aliphatic carbocycles. The zero-order chi connectivity index (χ0) is 10.7. The van der Waals surface area contributed by atoms with Gasteiger partial charge in [0.25, 0.3) is 0 Å². The second-order valence-electron chi connectivity index (χ2n) is 4.24. The normalized spacial score (nSPS) is 19.3. The zero-order valence-corrected chi connectivity index (χ0v) is 10.9. The van der Waals surface area contributed by atoms with Gasteiger partial charge in [0, 0.05) is 9.61 Å². The summed E-state index contributed by atoms with van der Waals surface area (Å²) in [5.41, 5.74) is 4.31. The fourth-order valence-electron chi connectivity index (χ4n) is 2.50. The highest BCUT2D eigenvalue weighted by Crippen LogP contribution is 2.35. The number of halogens is 1. The van der Waals surface area contributed by atoms with Crippen molar-refractivity contribution < 1.29 is 0 Å². The third kappa shape index (κ3) is 2.71. The smallest absolute Gasteiger partial charge is 0.0488 e. The second kappa shape index (κ2) is 5.27. The van der Waals surface area contributed by atoms with Gasteiger partial charge in [-0.15, -0.1) is 0 Å². The van der Waals surface area contributed by atoms with Crippen molar-refractivity contribution in [1.82, 2.24) is 5.43 Å². The van der Waals surface area contributed by atoms with Gasteiger partial charge in [0.1, 0.15) is 0 Å². The standard InChI is InChI=1S/C12H17IN2/c13-11-7-3-6-10(8-11)12(15-14)9-4-1-2-5-9/h3,6-9,12,15H,1-2,4-5,14H2. The summed E-state index contributed by atoms with van der Waals surface area (Å²) < 4.78 is 1.28. The van der Waals surface area contributed by atoms with Crippen LogP contribution in [0.1, 0.15) is 37.3 Å². The predicted octanol–water partition coefficient (Wildman–Crippen LogP) is 2.99. The molecule has 2 nitrogen and oxygen atoms in total. The van der Waals surface area contributed by atoms with E-state index in [9.17, 15) is 0 Å². The van der Waals surface area contributed by atoms with Gasteiger partial charge in [-0.05, 0) is 59.0 Å². The van der Waals surface area contributed by atoms with E-state index in [1.165, 1.54) is 34.8 Å². The highest BCUT2D eigenvalue weighted by Gasteiger charge is 2.25. The van der Waals surface area contributed by atoms with Crippen molar-refractivity contribution in [3.63, 3.8) is 0 Å². The molecule has 1 aliphatic rings. The van der Waals surface area contributed by atoms with E-state index in [-0.39, 0.29) is 0 Å². The minimum Gasteiger partial charge on any atom is -0.271 e. The first-order valence-electron chi connectivity index (χ1n) is 5.53. The summed E-state index contributed by atoms with van der Waals surface area (Å²) in [4.78, 5) is 0. The third-order valence-corrected chi connectivity index (χ3v) is 3.93.